The van der Waals surface area contributed by atoms with Gasteiger partial charge in [0.1, 0.15) is 0 Å². The monoisotopic (exact) mass is 433 g/mol. The van der Waals surface area contributed by atoms with Gasteiger partial charge < -0.3 is 9.80 Å². The van der Waals surface area contributed by atoms with Crippen molar-refractivity contribution in [2.75, 3.05) is 59.3 Å². The molecule has 0 atom stereocenters. The van der Waals surface area contributed by atoms with Gasteiger partial charge in [0.25, 0.3) is 0 Å². The van der Waals surface area contributed by atoms with Gasteiger partial charge in [-0.3, -0.25) is 21.7 Å². The molecule has 1 fully saturated rings. The van der Waals surface area contributed by atoms with E-state index in [2.05, 4.69) is 91.5 Å². The lowest BCUT2D eigenvalue weighted by atomic mass is 10.2. The molecule has 1 aliphatic rings. The van der Waals surface area contributed by atoms with Gasteiger partial charge in [0, 0.05) is 26.2 Å². The zero-order chi connectivity index (χ0) is 22.3. The largest absolute Gasteiger partial charge is 0.338 e. The molecule has 0 bridgehead atoms. The lowest BCUT2D eigenvalue weighted by molar-refractivity contribution is 0.270. The summed E-state index contributed by atoms with van der Waals surface area (Å²) >= 11 is 0. The second-order valence-electron chi connectivity index (χ2n) is 7.94. The first-order valence-electron chi connectivity index (χ1n) is 11.0. The highest BCUT2D eigenvalue weighted by Crippen LogP contribution is 2.17. The number of nitrogens with zero attached hydrogens (tertiary/aromatic N) is 5. The van der Waals surface area contributed by atoms with Crippen LogP contribution in [0.2, 0.25) is 0 Å². The van der Waals surface area contributed by atoms with Crippen LogP contribution in [0, 0.1) is 13.8 Å². The van der Waals surface area contributed by atoms with Crippen LogP contribution >= 0.6 is 0 Å². The first-order chi connectivity index (χ1) is 15.6. The number of rotatable bonds is 8. The van der Waals surface area contributed by atoms with Crippen LogP contribution in [-0.2, 0) is 0 Å². The predicted molar refractivity (Wildman–Crippen MR) is 131 cm³/mol. The number of nitrogens with one attached hydrogen (secondary N) is 4. The van der Waals surface area contributed by atoms with Crippen LogP contribution in [0.4, 0.5) is 29.2 Å². The SMILES string of the molecule is CCN1CCN(c2nc(NNc3ccc(C)cc3)nc(NNc3ccc(C)cc3)n2)CC1. The third kappa shape index (κ3) is 5.76. The predicted octanol–water partition coefficient (Wildman–Crippen LogP) is 3.51. The van der Waals surface area contributed by atoms with Crippen molar-refractivity contribution in [1.29, 1.82) is 0 Å². The summed E-state index contributed by atoms with van der Waals surface area (Å²) in [6, 6.07) is 16.2. The molecule has 2 heterocycles. The van der Waals surface area contributed by atoms with Crippen molar-refractivity contribution in [2.24, 2.45) is 0 Å². The number of benzene rings is 2. The Morgan fingerprint density at radius 1 is 0.656 bits per heavy atom. The molecule has 9 heteroatoms. The normalized spacial score (nSPS) is 14.2. The Labute approximate surface area is 189 Å². The van der Waals surface area contributed by atoms with Crippen molar-refractivity contribution in [1.82, 2.24) is 19.9 Å². The van der Waals surface area contributed by atoms with E-state index in [1.165, 1.54) is 11.1 Å². The second kappa shape index (κ2) is 10.1. The van der Waals surface area contributed by atoms with Crippen LogP contribution in [-0.4, -0.2) is 52.6 Å². The highest BCUT2D eigenvalue weighted by Gasteiger charge is 2.19. The molecule has 4 N–H and O–H groups in total. The molecule has 0 spiro atoms. The highest BCUT2D eigenvalue weighted by molar-refractivity contribution is 5.53. The van der Waals surface area contributed by atoms with Crippen molar-refractivity contribution in [3.05, 3.63) is 59.7 Å². The summed E-state index contributed by atoms with van der Waals surface area (Å²) in [4.78, 5) is 18.4. The van der Waals surface area contributed by atoms with Crippen molar-refractivity contribution in [3.63, 3.8) is 0 Å². The molecule has 1 aliphatic heterocycles. The van der Waals surface area contributed by atoms with Crippen LogP contribution in [0.1, 0.15) is 18.1 Å². The smallest absolute Gasteiger partial charge is 0.248 e. The molecule has 1 aromatic heterocycles. The van der Waals surface area contributed by atoms with E-state index in [1.807, 2.05) is 24.3 Å². The third-order valence-electron chi connectivity index (χ3n) is 5.47. The van der Waals surface area contributed by atoms with E-state index in [9.17, 15) is 0 Å². The Balaban J connectivity index is 1.50. The lowest BCUT2D eigenvalue weighted by Gasteiger charge is -2.34. The molecule has 9 nitrogen and oxygen atoms in total. The summed E-state index contributed by atoms with van der Waals surface area (Å²) in [7, 11) is 0. The van der Waals surface area contributed by atoms with E-state index in [0.29, 0.717) is 17.8 Å². The van der Waals surface area contributed by atoms with Crippen molar-refractivity contribution >= 4 is 29.2 Å². The van der Waals surface area contributed by atoms with Gasteiger partial charge in [-0.25, -0.2) is 0 Å². The minimum absolute atomic E-state index is 0.446. The quantitative estimate of drug-likeness (QED) is 0.398. The Kier molecular flexibility index (Phi) is 6.86. The highest BCUT2D eigenvalue weighted by atomic mass is 15.5. The summed E-state index contributed by atoms with van der Waals surface area (Å²) < 4.78 is 0. The van der Waals surface area contributed by atoms with Gasteiger partial charge in [-0.15, -0.1) is 0 Å². The van der Waals surface area contributed by atoms with Gasteiger partial charge in [-0.1, -0.05) is 42.3 Å². The topological polar surface area (TPSA) is 93.3 Å². The van der Waals surface area contributed by atoms with Crippen LogP contribution < -0.4 is 26.6 Å². The van der Waals surface area contributed by atoms with Gasteiger partial charge in [0.2, 0.25) is 17.8 Å². The maximum Gasteiger partial charge on any atom is 0.248 e. The van der Waals surface area contributed by atoms with Gasteiger partial charge >= 0.3 is 0 Å². The first-order valence-corrected chi connectivity index (χ1v) is 11.0. The molecule has 0 aliphatic carbocycles. The van der Waals surface area contributed by atoms with Crippen LogP contribution in [0.25, 0.3) is 0 Å². The molecule has 168 valence electrons. The van der Waals surface area contributed by atoms with Gasteiger partial charge in [-0.05, 0) is 44.7 Å². The summed E-state index contributed by atoms with van der Waals surface area (Å²) in [6.45, 7) is 11.1. The molecular formula is C23H31N9. The second-order valence-corrected chi connectivity index (χ2v) is 7.94. The molecule has 0 unspecified atom stereocenters. The van der Waals surface area contributed by atoms with E-state index in [-0.39, 0.29) is 0 Å². The zero-order valence-electron chi connectivity index (χ0n) is 18.9. The number of hydrogen-bond acceptors (Lipinski definition) is 9. The van der Waals surface area contributed by atoms with Gasteiger partial charge in [0.15, 0.2) is 0 Å². The minimum atomic E-state index is 0.446. The van der Waals surface area contributed by atoms with E-state index in [0.717, 1.165) is 44.1 Å². The molecule has 3 aromatic rings. The number of hydrazine groups is 2. The molecule has 4 rings (SSSR count). The summed E-state index contributed by atoms with van der Waals surface area (Å²) in [5.74, 6) is 1.54. The maximum absolute atomic E-state index is 4.65. The fourth-order valence-corrected chi connectivity index (χ4v) is 3.41. The Morgan fingerprint density at radius 2 is 1.12 bits per heavy atom. The number of likely N-dealkylation sites (N-methyl/N-ethyl adjacent to an activating group) is 1. The van der Waals surface area contributed by atoms with Crippen LogP contribution in [0.15, 0.2) is 48.5 Å². The molecule has 0 radical (unpaired) electrons. The lowest BCUT2D eigenvalue weighted by Crippen LogP contribution is -2.46. The van der Waals surface area contributed by atoms with Crippen molar-refractivity contribution in [3.8, 4) is 0 Å². The number of aryl methyl sites for hydroxylation is 2. The number of aromatic nitrogens is 3. The van der Waals surface area contributed by atoms with E-state index < -0.39 is 0 Å². The molecule has 32 heavy (non-hydrogen) atoms. The van der Waals surface area contributed by atoms with Gasteiger partial charge in [-0.2, -0.15) is 15.0 Å². The standard InChI is InChI=1S/C23H31N9/c1-4-31-13-15-32(16-14-31)23-25-21(29-27-19-9-5-17(2)6-10-19)24-22(26-23)30-28-20-11-7-18(3)8-12-20/h5-12,27-28H,4,13-16H2,1-3H3,(H2,24,25,26,29,30). The Morgan fingerprint density at radius 3 is 1.56 bits per heavy atom. The third-order valence-corrected chi connectivity index (χ3v) is 5.47. The van der Waals surface area contributed by atoms with Crippen molar-refractivity contribution < 1.29 is 0 Å². The summed E-state index contributed by atoms with van der Waals surface area (Å²) in [5.41, 5.74) is 16.8. The Bertz CT molecular complexity index is 929. The average molecular weight is 434 g/mol. The molecule has 0 amide bonds. The Hall–Kier alpha value is -3.59. The first kappa shape index (κ1) is 21.6. The fraction of sp³-hybridized carbons (Fsp3) is 0.348. The van der Waals surface area contributed by atoms with Crippen LogP contribution in [0.3, 0.4) is 0 Å². The summed E-state index contributed by atoms with van der Waals surface area (Å²) in [5, 5.41) is 0. The number of piperazine rings is 1. The molecule has 0 saturated carbocycles. The zero-order valence-corrected chi connectivity index (χ0v) is 18.9. The summed E-state index contributed by atoms with van der Waals surface area (Å²) in [6.07, 6.45) is 0. The van der Waals surface area contributed by atoms with Gasteiger partial charge in [0.05, 0.1) is 11.4 Å². The minimum Gasteiger partial charge on any atom is -0.338 e. The molecule has 2 aromatic carbocycles. The van der Waals surface area contributed by atoms with E-state index in [4.69, 9.17) is 0 Å². The number of hydrogen-bond donors (Lipinski definition) is 4. The molecular weight excluding hydrogens is 402 g/mol. The van der Waals surface area contributed by atoms with E-state index >= 15 is 0 Å². The van der Waals surface area contributed by atoms with Crippen LogP contribution in [0.5, 0.6) is 0 Å². The molecule has 1 saturated heterocycles. The fourth-order valence-electron chi connectivity index (χ4n) is 3.41. The van der Waals surface area contributed by atoms with E-state index in [1.54, 1.807) is 0 Å². The number of anilines is 5. The average Bonchev–Trinajstić information content (AvgIpc) is 2.83. The maximum atomic E-state index is 4.65. The van der Waals surface area contributed by atoms with Crippen molar-refractivity contribution in [2.45, 2.75) is 20.8 Å².